The molecule has 21 heavy (non-hydrogen) atoms. The van der Waals surface area contributed by atoms with Gasteiger partial charge in [0.2, 0.25) is 5.88 Å². The largest absolute Gasteiger partial charge is 0.481 e. The van der Waals surface area contributed by atoms with Gasteiger partial charge in [-0.3, -0.25) is 4.79 Å². The highest BCUT2D eigenvalue weighted by Crippen LogP contribution is 2.26. The molecule has 0 saturated carbocycles. The first-order valence-corrected chi connectivity index (χ1v) is 7.22. The van der Waals surface area contributed by atoms with Crippen molar-refractivity contribution in [3.05, 3.63) is 51.3 Å². The summed E-state index contributed by atoms with van der Waals surface area (Å²) in [5.74, 6) is -1.37. The van der Waals surface area contributed by atoms with E-state index in [0.29, 0.717) is 15.4 Å². The molecule has 0 aliphatic heterocycles. The van der Waals surface area contributed by atoms with Crippen LogP contribution in [0.2, 0.25) is 5.02 Å². The van der Waals surface area contributed by atoms with Crippen molar-refractivity contribution in [2.45, 2.75) is 12.3 Å². The minimum absolute atomic E-state index is 0.197. The molecule has 0 aliphatic rings. The van der Waals surface area contributed by atoms with E-state index in [2.05, 4.69) is 25.9 Å². The number of hydrogen-bond acceptors (Lipinski definition) is 4. The number of aliphatic carboxylic acids is 1. The van der Waals surface area contributed by atoms with Gasteiger partial charge >= 0.3 is 5.97 Å². The zero-order valence-electron chi connectivity index (χ0n) is 11.1. The molecule has 7 heteroatoms. The smallest absolute Gasteiger partial charge is 0.314 e. The van der Waals surface area contributed by atoms with E-state index >= 15 is 0 Å². The number of carboxylic acids is 1. The van der Waals surface area contributed by atoms with Crippen molar-refractivity contribution in [1.29, 1.82) is 0 Å². The zero-order valence-corrected chi connectivity index (χ0v) is 13.4. The van der Waals surface area contributed by atoms with E-state index in [1.165, 1.54) is 13.3 Å². The monoisotopic (exact) mass is 370 g/mol. The molecule has 1 heterocycles. The van der Waals surface area contributed by atoms with Gasteiger partial charge in [-0.15, -0.1) is 0 Å². The van der Waals surface area contributed by atoms with Gasteiger partial charge in [0.15, 0.2) is 0 Å². The van der Waals surface area contributed by atoms with Crippen LogP contribution in [0, 0.1) is 0 Å². The molecule has 0 saturated heterocycles. The second-order valence-electron chi connectivity index (χ2n) is 4.31. The highest BCUT2D eigenvalue weighted by Gasteiger charge is 2.24. The lowest BCUT2D eigenvalue weighted by Crippen LogP contribution is -2.17. The van der Waals surface area contributed by atoms with Crippen LogP contribution in [-0.2, 0) is 11.2 Å². The second kappa shape index (κ2) is 6.87. The highest BCUT2D eigenvalue weighted by molar-refractivity contribution is 9.10. The van der Waals surface area contributed by atoms with Gasteiger partial charge in [-0.05, 0) is 40.0 Å². The number of halogens is 2. The van der Waals surface area contributed by atoms with Crippen LogP contribution in [0.25, 0.3) is 0 Å². The van der Waals surface area contributed by atoms with Crippen LogP contribution in [0.15, 0.2) is 34.9 Å². The Bertz CT molecular complexity index is 666. The molecule has 2 rings (SSSR count). The van der Waals surface area contributed by atoms with Gasteiger partial charge in [0.1, 0.15) is 11.7 Å². The molecule has 5 nitrogen and oxygen atoms in total. The van der Waals surface area contributed by atoms with Crippen LogP contribution in [0.1, 0.15) is 17.3 Å². The third-order valence-electron chi connectivity index (χ3n) is 2.86. The molecule has 1 atom stereocenters. The minimum Gasteiger partial charge on any atom is -0.481 e. The fourth-order valence-electron chi connectivity index (χ4n) is 1.86. The minimum atomic E-state index is -1.00. The molecule has 0 fully saturated rings. The topological polar surface area (TPSA) is 72.3 Å². The number of rotatable bonds is 5. The van der Waals surface area contributed by atoms with E-state index in [1.807, 2.05) is 6.07 Å². The average Bonchev–Trinajstić information content (AvgIpc) is 2.45. The second-order valence-corrected chi connectivity index (χ2v) is 5.60. The molecule has 1 N–H and O–H groups in total. The summed E-state index contributed by atoms with van der Waals surface area (Å²) >= 11 is 9.16. The summed E-state index contributed by atoms with van der Waals surface area (Å²) in [5, 5.41) is 9.99. The first kappa shape index (κ1) is 15.7. The van der Waals surface area contributed by atoms with Gasteiger partial charge in [0.25, 0.3) is 0 Å². The van der Waals surface area contributed by atoms with Crippen molar-refractivity contribution in [2.75, 3.05) is 7.11 Å². The van der Waals surface area contributed by atoms with Crippen molar-refractivity contribution >= 4 is 33.5 Å². The quantitative estimate of drug-likeness (QED) is 0.873. The van der Waals surface area contributed by atoms with Gasteiger partial charge in [-0.1, -0.05) is 23.7 Å². The van der Waals surface area contributed by atoms with Crippen molar-refractivity contribution in [3.8, 4) is 5.88 Å². The molecule has 110 valence electrons. The number of aromatic nitrogens is 2. The summed E-state index contributed by atoms with van der Waals surface area (Å²) in [6, 6.07) is 7.06. The van der Waals surface area contributed by atoms with Crippen LogP contribution >= 0.6 is 27.5 Å². The number of carbonyl (C=O) groups is 1. The summed E-state index contributed by atoms with van der Waals surface area (Å²) in [7, 11) is 1.46. The lowest BCUT2D eigenvalue weighted by Gasteiger charge is -2.12. The van der Waals surface area contributed by atoms with E-state index in [1.54, 1.807) is 18.2 Å². The molecule has 2 aromatic rings. The van der Waals surface area contributed by atoms with Crippen LogP contribution in [-0.4, -0.2) is 28.2 Å². The van der Waals surface area contributed by atoms with E-state index in [-0.39, 0.29) is 12.2 Å². The Morgan fingerprint density at radius 2 is 2.29 bits per heavy atom. The molecule has 0 amide bonds. The van der Waals surface area contributed by atoms with Crippen LogP contribution in [0.3, 0.4) is 0 Å². The lowest BCUT2D eigenvalue weighted by molar-refractivity contribution is -0.139. The predicted octanol–water partition coefficient (Wildman–Crippen LogP) is 3.31. The molecule has 0 aliphatic carbocycles. The Balaban J connectivity index is 2.33. The fraction of sp³-hybridized carbons (Fsp3) is 0.214. The van der Waals surface area contributed by atoms with Crippen molar-refractivity contribution in [1.82, 2.24) is 9.97 Å². The van der Waals surface area contributed by atoms with E-state index in [4.69, 9.17) is 16.3 Å². The van der Waals surface area contributed by atoms with Gasteiger partial charge in [0, 0.05) is 11.2 Å². The summed E-state index contributed by atoms with van der Waals surface area (Å²) in [6.07, 6.45) is 1.73. The molecular formula is C14H12BrClN2O3. The van der Waals surface area contributed by atoms with E-state index in [0.717, 1.165) is 5.56 Å². The summed E-state index contributed by atoms with van der Waals surface area (Å²) < 4.78 is 5.64. The van der Waals surface area contributed by atoms with Crippen LogP contribution in [0.5, 0.6) is 5.88 Å². The summed E-state index contributed by atoms with van der Waals surface area (Å²) in [6.45, 7) is 0. The Morgan fingerprint density at radius 3 is 2.90 bits per heavy atom. The fourth-order valence-corrected chi connectivity index (χ4v) is 2.43. The van der Waals surface area contributed by atoms with E-state index < -0.39 is 11.9 Å². The summed E-state index contributed by atoms with van der Waals surface area (Å²) in [4.78, 5) is 19.7. The van der Waals surface area contributed by atoms with Gasteiger partial charge in [-0.2, -0.15) is 4.98 Å². The number of methoxy groups -OCH3 is 1. The number of nitrogens with zero attached hydrogens (tertiary/aromatic N) is 2. The maximum Gasteiger partial charge on any atom is 0.314 e. The Morgan fingerprint density at radius 1 is 1.52 bits per heavy atom. The van der Waals surface area contributed by atoms with Crippen molar-refractivity contribution < 1.29 is 14.6 Å². The third kappa shape index (κ3) is 3.92. The van der Waals surface area contributed by atoms with Crippen LogP contribution < -0.4 is 4.74 Å². The van der Waals surface area contributed by atoms with Crippen molar-refractivity contribution in [2.24, 2.45) is 0 Å². The third-order valence-corrected chi connectivity index (χ3v) is 3.64. The highest BCUT2D eigenvalue weighted by atomic mass is 79.9. The van der Waals surface area contributed by atoms with Crippen molar-refractivity contribution in [3.63, 3.8) is 0 Å². The van der Waals surface area contributed by atoms with Gasteiger partial charge in [-0.25, -0.2) is 4.98 Å². The Labute approximate surface area is 135 Å². The lowest BCUT2D eigenvalue weighted by atomic mass is 9.98. The maximum absolute atomic E-state index is 11.5. The SMILES string of the molecule is COc1nc(C(Cc2cccc(Cl)c2)C(=O)O)ncc1Br. The summed E-state index contributed by atoms with van der Waals surface area (Å²) in [5.41, 5.74) is 0.806. The number of ether oxygens (including phenoxy) is 1. The average molecular weight is 372 g/mol. The first-order chi connectivity index (χ1) is 10.0. The predicted molar refractivity (Wildman–Crippen MR) is 81.8 cm³/mol. The van der Waals surface area contributed by atoms with Gasteiger partial charge in [0.05, 0.1) is 11.6 Å². The number of hydrogen-bond donors (Lipinski definition) is 1. The molecule has 0 bridgehead atoms. The first-order valence-electron chi connectivity index (χ1n) is 6.05. The number of benzene rings is 1. The van der Waals surface area contributed by atoms with Crippen LogP contribution in [0.4, 0.5) is 0 Å². The molecule has 0 spiro atoms. The normalized spacial score (nSPS) is 12.0. The molecule has 1 aromatic heterocycles. The Hall–Kier alpha value is -1.66. The molecular weight excluding hydrogens is 360 g/mol. The zero-order chi connectivity index (χ0) is 15.4. The molecule has 0 radical (unpaired) electrons. The molecule has 1 aromatic carbocycles. The van der Waals surface area contributed by atoms with E-state index in [9.17, 15) is 9.90 Å². The molecule has 1 unspecified atom stereocenters. The number of carboxylic acid groups (broad SMARTS) is 1. The standard InChI is InChI=1S/C14H12BrClN2O3/c1-21-13-11(15)7-17-12(18-13)10(14(19)20)6-8-3-2-4-9(16)5-8/h2-5,7,10H,6H2,1H3,(H,19,20). The van der Waals surface area contributed by atoms with Gasteiger partial charge < -0.3 is 9.84 Å². The Kier molecular flexibility index (Phi) is 5.14. The maximum atomic E-state index is 11.5.